The highest BCUT2D eigenvalue weighted by Gasteiger charge is 2.32. The number of rotatable bonds is 10. The van der Waals surface area contributed by atoms with Crippen molar-refractivity contribution in [3.8, 4) is 5.75 Å². The summed E-state index contributed by atoms with van der Waals surface area (Å²) in [6.45, 7) is 1.92. The first-order valence-corrected chi connectivity index (χ1v) is 13.9. The minimum atomic E-state index is -0.736. The summed E-state index contributed by atoms with van der Waals surface area (Å²) >= 11 is 12.6. The molecular weight excluding hydrogens is 519 g/mol. The first-order valence-electron chi connectivity index (χ1n) is 13.2. The van der Waals surface area contributed by atoms with Crippen molar-refractivity contribution in [2.45, 2.75) is 64.1 Å². The highest BCUT2D eigenvalue weighted by molar-refractivity contribution is 6.35. The molecule has 2 amide bonds. The molecule has 200 valence electrons. The normalized spacial score (nSPS) is 14.5. The van der Waals surface area contributed by atoms with E-state index in [1.54, 1.807) is 23.1 Å². The Morgan fingerprint density at radius 3 is 2.45 bits per heavy atom. The van der Waals surface area contributed by atoms with Crippen LogP contribution in [0.2, 0.25) is 10.0 Å². The molecule has 0 bridgehead atoms. The van der Waals surface area contributed by atoms with Crippen LogP contribution in [0, 0.1) is 6.92 Å². The van der Waals surface area contributed by atoms with Crippen LogP contribution in [0.1, 0.15) is 48.8 Å². The number of hydrogen-bond acceptors (Lipinski definition) is 3. The summed E-state index contributed by atoms with van der Waals surface area (Å²) < 4.78 is 5.87. The van der Waals surface area contributed by atoms with Crippen LogP contribution in [-0.2, 0) is 22.6 Å². The SMILES string of the molecule is Cc1cccc(OCC(=O)N(Cc2ccc(Cl)cc2Cl)[C@H](Cc2ccccc2)C(=O)NC2CCCCC2)c1. The lowest BCUT2D eigenvalue weighted by Crippen LogP contribution is -2.53. The zero-order chi connectivity index (χ0) is 26.9. The highest BCUT2D eigenvalue weighted by atomic mass is 35.5. The average molecular weight is 554 g/mol. The van der Waals surface area contributed by atoms with E-state index in [1.165, 1.54) is 6.42 Å². The van der Waals surface area contributed by atoms with E-state index < -0.39 is 6.04 Å². The quantitative estimate of drug-likeness (QED) is 0.302. The Kier molecular flexibility index (Phi) is 10.1. The third kappa shape index (κ3) is 7.99. The summed E-state index contributed by atoms with van der Waals surface area (Å²) in [4.78, 5) is 29.2. The number of carbonyl (C=O) groups is 2. The largest absolute Gasteiger partial charge is 0.484 e. The van der Waals surface area contributed by atoms with E-state index >= 15 is 0 Å². The highest BCUT2D eigenvalue weighted by Crippen LogP contribution is 2.25. The molecule has 1 atom stereocenters. The van der Waals surface area contributed by atoms with E-state index in [1.807, 2.05) is 61.5 Å². The maximum absolute atomic E-state index is 13.8. The molecule has 0 aliphatic heterocycles. The van der Waals surface area contributed by atoms with Crippen molar-refractivity contribution in [1.29, 1.82) is 0 Å². The van der Waals surface area contributed by atoms with Crippen LogP contribution >= 0.6 is 23.2 Å². The fourth-order valence-electron chi connectivity index (χ4n) is 4.86. The maximum Gasteiger partial charge on any atom is 0.261 e. The number of nitrogens with zero attached hydrogens (tertiary/aromatic N) is 1. The monoisotopic (exact) mass is 552 g/mol. The molecular formula is C31H34Cl2N2O3. The molecule has 1 fully saturated rings. The van der Waals surface area contributed by atoms with Gasteiger partial charge in [-0.25, -0.2) is 0 Å². The van der Waals surface area contributed by atoms with Gasteiger partial charge in [-0.05, 0) is 60.7 Å². The van der Waals surface area contributed by atoms with Crippen molar-refractivity contribution in [3.63, 3.8) is 0 Å². The van der Waals surface area contributed by atoms with E-state index in [-0.39, 0.29) is 31.0 Å². The third-order valence-electron chi connectivity index (χ3n) is 6.93. The van der Waals surface area contributed by atoms with Crippen molar-refractivity contribution < 1.29 is 14.3 Å². The van der Waals surface area contributed by atoms with Crippen molar-refractivity contribution >= 4 is 35.0 Å². The Morgan fingerprint density at radius 2 is 1.74 bits per heavy atom. The number of halogens is 2. The zero-order valence-electron chi connectivity index (χ0n) is 21.7. The third-order valence-corrected chi connectivity index (χ3v) is 7.52. The number of amides is 2. The predicted molar refractivity (Wildman–Crippen MR) is 153 cm³/mol. The summed E-state index contributed by atoms with van der Waals surface area (Å²) in [5.74, 6) is 0.154. The number of benzene rings is 3. The van der Waals surface area contributed by atoms with Gasteiger partial charge in [0.15, 0.2) is 6.61 Å². The number of aryl methyl sites for hydroxylation is 1. The minimum Gasteiger partial charge on any atom is -0.484 e. The van der Waals surface area contributed by atoms with Crippen LogP contribution in [0.25, 0.3) is 0 Å². The van der Waals surface area contributed by atoms with Gasteiger partial charge in [-0.1, -0.05) is 91.0 Å². The molecule has 1 aliphatic carbocycles. The molecule has 3 aromatic rings. The summed E-state index contributed by atoms with van der Waals surface area (Å²) in [7, 11) is 0. The lowest BCUT2D eigenvalue weighted by atomic mass is 9.94. The summed E-state index contributed by atoms with van der Waals surface area (Å²) in [6, 6.07) is 21.9. The summed E-state index contributed by atoms with van der Waals surface area (Å²) in [6.07, 6.45) is 5.67. The molecule has 7 heteroatoms. The fourth-order valence-corrected chi connectivity index (χ4v) is 5.33. The zero-order valence-corrected chi connectivity index (χ0v) is 23.2. The Hall–Kier alpha value is -3.02. The molecule has 1 saturated carbocycles. The van der Waals surface area contributed by atoms with Crippen molar-refractivity contribution in [2.24, 2.45) is 0 Å². The van der Waals surface area contributed by atoms with Crippen molar-refractivity contribution in [2.75, 3.05) is 6.61 Å². The minimum absolute atomic E-state index is 0.120. The molecule has 0 heterocycles. The van der Waals surface area contributed by atoms with Crippen LogP contribution in [0.3, 0.4) is 0 Å². The van der Waals surface area contributed by atoms with Crippen LogP contribution in [-0.4, -0.2) is 35.4 Å². The standard InChI is InChI=1S/C31H34Cl2N2O3/c1-22-9-8-14-27(17-22)38-21-30(36)35(20-24-15-16-25(32)19-28(24)33)29(18-23-10-4-2-5-11-23)31(37)34-26-12-6-3-7-13-26/h2,4-5,8-11,14-17,19,26,29H,3,6-7,12-13,18,20-21H2,1H3,(H,34,37)/t29-/m1/s1. The van der Waals surface area contributed by atoms with E-state index in [0.717, 1.165) is 36.8 Å². The molecule has 0 unspecified atom stereocenters. The fraction of sp³-hybridized carbons (Fsp3) is 0.355. The van der Waals surface area contributed by atoms with Gasteiger partial charge >= 0.3 is 0 Å². The summed E-state index contributed by atoms with van der Waals surface area (Å²) in [5.41, 5.74) is 2.72. The molecule has 0 spiro atoms. The van der Waals surface area contributed by atoms with Crippen LogP contribution in [0.5, 0.6) is 5.75 Å². The first kappa shape index (κ1) is 28.0. The predicted octanol–water partition coefficient (Wildman–Crippen LogP) is 6.77. The van der Waals surface area contributed by atoms with Gasteiger partial charge in [-0.3, -0.25) is 9.59 Å². The van der Waals surface area contributed by atoms with E-state index in [4.69, 9.17) is 27.9 Å². The Morgan fingerprint density at radius 1 is 0.974 bits per heavy atom. The number of ether oxygens (including phenoxy) is 1. The molecule has 4 rings (SSSR count). The smallest absolute Gasteiger partial charge is 0.261 e. The number of nitrogens with one attached hydrogen (secondary N) is 1. The molecule has 0 radical (unpaired) electrons. The van der Waals surface area contributed by atoms with Gasteiger partial charge < -0.3 is 15.0 Å². The van der Waals surface area contributed by atoms with Gasteiger partial charge in [0.05, 0.1) is 0 Å². The Balaban J connectivity index is 1.63. The van der Waals surface area contributed by atoms with E-state index in [0.29, 0.717) is 27.8 Å². The van der Waals surface area contributed by atoms with Crippen LogP contribution in [0.15, 0.2) is 72.8 Å². The molecule has 0 aromatic heterocycles. The second-order valence-electron chi connectivity index (χ2n) is 9.91. The van der Waals surface area contributed by atoms with Gasteiger partial charge in [-0.2, -0.15) is 0 Å². The molecule has 1 aliphatic rings. The van der Waals surface area contributed by atoms with E-state index in [9.17, 15) is 9.59 Å². The topological polar surface area (TPSA) is 58.6 Å². The van der Waals surface area contributed by atoms with Crippen LogP contribution in [0.4, 0.5) is 0 Å². The van der Waals surface area contributed by atoms with Gasteiger partial charge in [0.25, 0.3) is 5.91 Å². The second-order valence-corrected chi connectivity index (χ2v) is 10.8. The second kappa shape index (κ2) is 13.7. The average Bonchev–Trinajstić information content (AvgIpc) is 2.91. The molecule has 38 heavy (non-hydrogen) atoms. The molecule has 3 aromatic carbocycles. The van der Waals surface area contributed by atoms with Gasteiger partial charge in [0.1, 0.15) is 11.8 Å². The first-order chi connectivity index (χ1) is 18.4. The Labute approximate surface area is 235 Å². The molecule has 1 N–H and O–H groups in total. The van der Waals surface area contributed by atoms with Crippen LogP contribution < -0.4 is 10.1 Å². The lowest BCUT2D eigenvalue weighted by molar-refractivity contribution is -0.143. The van der Waals surface area contributed by atoms with Gasteiger partial charge in [0.2, 0.25) is 5.91 Å². The van der Waals surface area contributed by atoms with Gasteiger partial charge in [-0.15, -0.1) is 0 Å². The number of hydrogen-bond donors (Lipinski definition) is 1. The van der Waals surface area contributed by atoms with Crippen molar-refractivity contribution in [1.82, 2.24) is 10.2 Å². The lowest BCUT2D eigenvalue weighted by Gasteiger charge is -2.33. The molecule has 5 nitrogen and oxygen atoms in total. The van der Waals surface area contributed by atoms with Crippen molar-refractivity contribution in [3.05, 3.63) is 99.5 Å². The van der Waals surface area contributed by atoms with Gasteiger partial charge in [0, 0.05) is 29.1 Å². The van der Waals surface area contributed by atoms with E-state index in [2.05, 4.69) is 5.32 Å². The summed E-state index contributed by atoms with van der Waals surface area (Å²) in [5, 5.41) is 4.19. The number of carbonyl (C=O) groups excluding carboxylic acids is 2. The maximum atomic E-state index is 13.8. The molecule has 0 saturated heterocycles. The Bertz CT molecular complexity index is 1230.